The molecule has 18 heavy (non-hydrogen) atoms. The minimum Gasteiger partial charge on any atom is -0.236 e. The number of nitrogens with zero attached hydrogens (tertiary/aromatic N) is 1. The zero-order valence-corrected chi connectivity index (χ0v) is 11.6. The highest BCUT2D eigenvalue weighted by Gasteiger charge is 2.08. The molecule has 1 heterocycles. The Morgan fingerprint density at radius 1 is 0.944 bits per heavy atom. The second-order valence-electron chi connectivity index (χ2n) is 4.72. The van der Waals surface area contributed by atoms with E-state index < -0.39 is 0 Å². The third kappa shape index (κ3) is 1.83. The first kappa shape index (κ1) is 11.4. The average Bonchev–Trinajstić information content (AvgIpc) is 2.79. The fraction of sp³-hybridized carbons (Fsp3) is 0.188. The Hall–Kier alpha value is -1.67. The molecule has 0 aliphatic carbocycles. The van der Waals surface area contributed by atoms with Gasteiger partial charge >= 0.3 is 0 Å². The Morgan fingerprint density at radius 3 is 2.28 bits per heavy atom. The normalized spacial score (nSPS) is 11.1. The van der Waals surface area contributed by atoms with Crippen LogP contribution in [-0.4, -0.2) is 4.98 Å². The minimum atomic E-state index is 1.09. The summed E-state index contributed by atoms with van der Waals surface area (Å²) in [5.41, 5.74) is 6.37. The standard InChI is InChI=1S/C16H15NS/c1-10-8-13(9-11(2)12(10)3)16-17-14-6-4-5-7-15(14)18-16/h4-9H,1-3H3. The molecule has 0 spiro atoms. The molecule has 3 aromatic rings. The molecule has 0 fully saturated rings. The molecule has 0 aliphatic heterocycles. The van der Waals surface area contributed by atoms with E-state index in [0.717, 1.165) is 10.5 Å². The van der Waals surface area contributed by atoms with Crippen LogP contribution in [0.3, 0.4) is 0 Å². The van der Waals surface area contributed by atoms with Gasteiger partial charge in [-0.15, -0.1) is 11.3 Å². The lowest BCUT2D eigenvalue weighted by Gasteiger charge is -2.06. The Labute approximate surface area is 111 Å². The van der Waals surface area contributed by atoms with Crippen molar-refractivity contribution in [2.75, 3.05) is 0 Å². The van der Waals surface area contributed by atoms with Crippen molar-refractivity contribution in [2.45, 2.75) is 20.8 Å². The molecule has 0 radical (unpaired) electrons. The Balaban J connectivity index is 2.20. The summed E-state index contributed by atoms with van der Waals surface area (Å²) in [6.45, 7) is 6.51. The van der Waals surface area contributed by atoms with E-state index in [4.69, 9.17) is 4.98 Å². The second kappa shape index (κ2) is 4.21. The predicted octanol–water partition coefficient (Wildman–Crippen LogP) is 4.89. The Morgan fingerprint density at radius 2 is 1.61 bits per heavy atom. The maximum atomic E-state index is 4.71. The van der Waals surface area contributed by atoms with E-state index in [1.807, 2.05) is 6.07 Å². The van der Waals surface area contributed by atoms with Crippen molar-refractivity contribution in [3.05, 3.63) is 53.1 Å². The SMILES string of the molecule is Cc1cc(-c2nc3ccccc3s2)cc(C)c1C. The molecule has 0 amide bonds. The molecule has 0 unspecified atom stereocenters. The smallest absolute Gasteiger partial charge is 0.124 e. The highest BCUT2D eigenvalue weighted by molar-refractivity contribution is 7.21. The van der Waals surface area contributed by atoms with Gasteiger partial charge in [-0.2, -0.15) is 0 Å². The molecule has 0 aliphatic rings. The van der Waals surface area contributed by atoms with E-state index >= 15 is 0 Å². The number of benzene rings is 2. The summed E-state index contributed by atoms with van der Waals surface area (Å²) < 4.78 is 1.25. The number of para-hydroxylation sites is 1. The molecule has 0 saturated heterocycles. The van der Waals surface area contributed by atoms with Crippen LogP contribution in [0.4, 0.5) is 0 Å². The van der Waals surface area contributed by atoms with Crippen LogP contribution in [0.2, 0.25) is 0 Å². The quantitative estimate of drug-likeness (QED) is 0.601. The average molecular weight is 253 g/mol. The minimum absolute atomic E-state index is 1.09. The molecule has 1 aromatic heterocycles. The first-order valence-electron chi connectivity index (χ1n) is 6.09. The number of aromatic nitrogens is 1. The van der Waals surface area contributed by atoms with Gasteiger partial charge in [-0.3, -0.25) is 0 Å². The molecule has 0 atom stereocenters. The van der Waals surface area contributed by atoms with Gasteiger partial charge in [0.05, 0.1) is 10.2 Å². The third-order valence-electron chi connectivity index (χ3n) is 3.47. The van der Waals surface area contributed by atoms with Crippen LogP contribution < -0.4 is 0 Å². The molecule has 90 valence electrons. The fourth-order valence-corrected chi connectivity index (χ4v) is 3.11. The van der Waals surface area contributed by atoms with Crippen LogP contribution in [0.1, 0.15) is 16.7 Å². The summed E-state index contributed by atoms with van der Waals surface area (Å²) in [7, 11) is 0. The van der Waals surface area contributed by atoms with Gasteiger partial charge in [-0.25, -0.2) is 4.98 Å². The van der Waals surface area contributed by atoms with Crippen molar-refractivity contribution < 1.29 is 0 Å². The summed E-state index contributed by atoms with van der Waals surface area (Å²) >= 11 is 1.76. The van der Waals surface area contributed by atoms with Crippen LogP contribution in [0.5, 0.6) is 0 Å². The van der Waals surface area contributed by atoms with Gasteiger partial charge in [-0.05, 0) is 61.7 Å². The van der Waals surface area contributed by atoms with Gasteiger partial charge in [0.1, 0.15) is 5.01 Å². The van der Waals surface area contributed by atoms with Gasteiger partial charge in [0, 0.05) is 5.56 Å². The zero-order chi connectivity index (χ0) is 12.7. The number of fused-ring (bicyclic) bond motifs is 1. The van der Waals surface area contributed by atoms with E-state index in [1.54, 1.807) is 11.3 Å². The first-order chi connectivity index (χ1) is 8.65. The van der Waals surface area contributed by atoms with Crippen molar-refractivity contribution >= 4 is 21.6 Å². The topological polar surface area (TPSA) is 12.9 Å². The number of hydrogen-bond acceptors (Lipinski definition) is 2. The number of rotatable bonds is 1. The van der Waals surface area contributed by atoms with Crippen molar-refractivity contribution in [1.82, 2.24) is 4.98 Å². The van der Waals surface area contributed by atoms with Crippen molar-refractivity contribution in [1.29, 1.82) is 0 Å². The number of thiazole rings is 1. The van der Waals surface area contributed by atoms with Gasteiger partial charge in [-0.1, -0.05) is 12.1 Å². The maximum absolute atomic E-state index is 4.71. The molecule has 3 rings (SSSR count). The largest absolute Gasteiger partial charge is 0.236 e. The summed E-state index contributed by atoms with van der Waals surface area (Å²) in [4.78, 5) is 4.71. The monoisotopic (exact) mass is 253 g/mol. The van der Waals surface area contributed by atoms with E-state index in [9.17, 15) is 0 Å². The van der Waals surface area contributed by atoms with Crippen LogP contribution in [0.25, 0.3) is 20.8 Å². The van der Waals surface area contributed by atoms with E-state index in [1.165, 1.54) is 27.0 Å². The van der Waals surface area contributed by atoms with Crippen LogP contribution in [0.15, 0.2) is 36.4 Å². The second-order valence-corrected chi connectivity index (χ2v) is 5.75. The number of aryl methyl sites for hydroxylation is 2. The van der Waals surface area contributed by atoms with Crippen molar-refractivity contribution in [3.63, 3.8) is 0 Å². The van der Waals surface area contributed by atoms with Crippen LogP contribution in [-0.2, 0) is 0 Å². The van der Waals surface area contributed by atoms with E-state index in [-0.39, 0.29) is 0 Å². The van der Waals surface area contributed by atoms with Crippen molar-refractivity contribution in [3.8, 4) is 10.6 Å². The molecular weight excluding hydrogens is 238 g/mol. The summed E-state index contributed by atoms with van der Waals surface area (Å²) in [6.07, 6.45) is 0. The fourth-order valence-electron chi connectivity index (χ4n) is 2.15. The lowest BCUT2D eigenvalue weighted by Crippen LogP contribution is -1.88. The van der Waals surface area contributed by atoms with E-state index in [2.05, 4.69) is 51.1 Å². The van der Waals surface area contributed by atoms with Gasteiger partial charge < -0.3 is 0 Å². The van der Waals surface area contributed by atoms with Crippen molar-refractivity contribution in [2.24, 2.45) is 0 Å². The predicted molar refractivity (Wildman–Crippen MR) is 79.3 cm³/mol. The molecule has 0 bridgehead atoms. The van der Waals surface area contributed by atoms with E-state index in [0.29, 0.717) is 0 Å². The molecule has 0 N–H and O–H groups in total. The lowest BCUT2D eigenvalue weighted by atomic mass is 10.0. The van der Waals surface area contributed by atoms with Gasteiger partial charge in [0.25, 0.3) is 0 Å². The molecule has 2 heteroatoms. The van der Waals surface area contributed by atoms with Crippen LogP contribution in [0, 0.1) is 20.8 Å². The first-order valence-corrected chi connectivity index (χ1v) is 6.90. The summed E-state index contributed by atoms with van der Waals surface area (Å²) in [5, 5.41) is 1.11. The third-order valence-corrected chi connectivity index (χ3v) is 4.55. The Bertz CT molecular complexity index is 669. The zero-order valence-electron chi connectivity index (χ0n) is 10.8. The number of hydrogen-bond donors (Lipinski definition) is 0. The maximum Gasteiger partial charge on any atom is 0.124 e. The van der Waals surface area contributed by atoms with Crippen LogP contribution >= 0.6 is 11.3 Å². The summed E-state index contributed by atoms with van der Waals surface area (Å²) in [6, 6.07) is 12.8. The molecule has 0 saturated carbocycles. The highest BCUT2D eigenvalue weighted by atomic mass is 32.1. The molecule has 1 nitrogen and oxygen atoms in total. The van der Waals surface area contributed by atoms with Gasteiger partial charge in [0.15, 0.2) is 0 Å². The lowest BCUT2D eigenvalue weighted by molar-refractivity contribution is 1.26. The summed E-state index contributed by atoms with van der Waals surface area (Å²) in [5.74, 6) is 0. The van der Waals surface area contributed by atoms with Gasteiger partial charge in [0.2, 0.25) is 0 Å². The molecular formula is C16H15NS. The molecule has 2 aromatic carbocycles. The Kier molecular flexibility index (Phi) is 2.67. The highest BCUT2D eigenvalue weighted by Crippen LogP contribution is 2.31.